The number of aromatic nitrogens is 4. The van der Waals surface area contributed by atoms with Gasteiger partial charge in [0.2, 0.25) is 0 Å². The Morgan fingerprint density at radius 2 is 1.31 bits per heavy atom. The van der Waals surface area contributed by atoms with Crippen LogP contribution >= 0.6 is 0 Å². The summed E-state index contributed by atoms with van der Waals surface area (Å²) < 4.78 is 2.07. The third-order valence-corrected chi connectivity index (χ3v) is 6.19. The van der Waals surface area contributed by atoms with Gasteiger partial charge in [-0.15, -0.1) is 0 Å². The lowest BCUT2D eigenvalue weighted by Gasteiger charge is -2.07. The van der Waals surface area contributed by atoms with Gasteiger partial charge in [0.15, 0.2) is 0 Å². The van der Waals surface area contributed by atoms with Gasteiger partial charge in [-0.25, -0.2) is 9.97 Å². The van der Waals surface area contributed by atoms with E-state index in [2.05, 4.69) is 75.2 Å². The van der Waals surface area contributed by atoms with Crippen molar-refractivity contribution in [1.82, 2.24) is 19.5 Å². The minimum atomic E-state index is 0.0727. The van der Waals surface area contributed by atoms with Crippen molar-refractivity contribution in [2.45, 2.75) is 6.54 Å². The van der Waals surface area contributed by atoms with Gasteiger partial charge in [-0.05, 0) is 35.4 Å². The van der Waals surface area contributed by atoms with Crippen molar-refractivity contribution in [2.75, 3.05) is 6.61 Å². The van der Waals surface area contributed by atoms with Crippen LogP contribution < -0.4 is 0 Å². The number of imidazole rings is 2. The third-order valence-electron chi connectivity index (χ3n) is 6.19. The number of rotatable bonds is 6. The molecule has 6 rings (SSSR count). The molecule has 5 nitrogen and oxygen atoms in total. The van der Waals surface area contributed by atoms with Gasteiger partial charge in [0, 0.05) is 17.7 Å². The number of H-pyrrole nitrogens is 1. The van der Waals surface area contributed by atoms with E-state index >= 15 is 0 Å². The Bertz CT molecular complexity index is 1610. The number of nitrogens with zero attached hydrogens (tertiary/aromatic N) is 3. The fourth-order valence-corrected chi connectivity index (χ4v) is 4.40. The summed E-state index contributed by atoms with van der Waals surface area (Å²) in [7, 11) is 0. The van der Waals surface area contributed by atoms with E-state index in [4.69, 9.17) is 4.98 Å². The Hall–Kier alpha value is -4.48. The maximum Gasteiger partial charge on any atom is 0.141 e. The van der Waals surface area contributed by atoms with Crippen LogP contribution in [0.5, 0.6) is 0 Å². The molecule has 0 radical (unpaired) electrons. The van der Waals surface area contributed by atoms with E-state index in [0.29, 0.717) is 6.54 Å². The smallest absolute Gasteiger partial charge is 0.141 e. The molecule has 0 amide bonds. The van der Waals surface area contributed by atoms with E-state index < -0.39 is 0 Å². The normalized spacial score (nSPS) is 11.7. The van der Waals surface area contributed by atoms with Crippen molar-refractivity contribution in [3.05, 3.63) is 108 Å². The van der Waals surface area contributed by atoms with Crippen LogP contribution in [-0.2, 0) is 6.54 Å². The fraction of sp³-hybridized carbons (Fsp3) is 0.0667. The molecule has 0 unspecified atom stereocenters. The molecular weight excluding hydrogens is 432 g/mol. The molecule has 6 aromatic rings. The molecule has 2 N–H and O–H groups in total. The monoisotopic (exact) mass is 456 g/mol. The SMILES string of the molecule is OCCn1c(-c2ccc(C=Cc3ccc(-c4nc5ccccc5[nH]4)cc3)cc2)nc2ccccc21. The summed E-state index contributed by atoms with van der Waals surface area (Å²) in [5, 5.41) is 9.54. The van der Waals surface area contributed by atoms with E-state index in [-0.39, 0.29) is 6.61 Å². The maximum atomic E-state index is 9.54. The van der Waals surface area contributed by atoms with Gasteiger partial charge in [0.05, 0.1) is 28.7 Å². The highest BCUT2D eigenvalue weighted by Crippen LogP contribution is 2.26. The van der Waals surface area contributed by atoms with Crippen LogP contribution in [0.2, 0.25) is 0 Å². The van der Waals surface area contributed by atoms with E-state index in [0.717, 1.165) is 56.0 Å². The molecule has 0 saturated heterocycles. The van der Waals surface area contributed by atoms with Crippen LogP contribution in [0.25, 0.3) is 57.0 Å². The highest BCUT2D eigenvalue weighted by molar-refractivity contribution is 5.82. The lowest BCUT2D eigenvalue weighted by Crippen LogP contribution is -2.04. The second kappa shape index (κ2) is 9.05. The molecule has 0 aliphatic heterocycles. The summed E-state index contributed by atoms with van der Waals surface area (Å²) in [6.07, 6.45) is 4.22. The average Bonchev–Trinajstić information content (AvgIpc) is 3.50. The molecule has 5 heteroatoms. The van der Waals surface area contributed by atoms with E-state index in [9.17, 15) is 5.11 Å². The quantitative estimate of drug-likeness (QED) is 0.285. The first-order valence-electron chi connectivity index (χ1n) is 11.7. The van der Waals surface area contributed by atoms with Gasteiger partial charge in [-0.1, -0.05) is 84.9 Å². The lowest BCUT2D eigenvalue weighted by atomic mass is 10.1. The summed E-state index contributed by atoms with van der Waals surface area (Å²) in [6, 6.07) is 32.8. The molecule has 0 fully saturated rings. The highest BCUT2D eigenvalue weighted by atomic mass is 16.3. The minimum absolute atomic E-state index is 0.0727. The largest absolute Gasteiger partial charge is 0.395 e. The molecular formula is C30H24N4O. The predicted octanol–water partition coefficient (Wildman–Crippen LogP) is 6.41. The summed E-state index contributed by atoms with van der Waals surface area (Å²) in [4.78, 5) is 12.9. The molecule has 0 saturated carbocycles. The number of hydrogen-bond donors (Lipinski definition) is 2. The van der Waals surface area contributed by atoms with Crippen LogP contribution in [0.15, 0.2) is 97.1 Å². The van der Waals surface area contributed by atoms with Crippen LogP contribution in [0.3, 0.4) is 0 Å². The van der Waals surface area contributed by atoms with Gasteiger partial charge in [0.1, 0.15) is 11.6 Å². The molecule has 0 bridgehead atoms. The van der Waals surface area contributed by atoms with Gasteiger partial charge in [-0.2, -0.15) is 0 Å². The molecule has 0 aliphatic carbocycles. The van der Waals surface area contributed by atoms with Crippen molar-refractivity contribution < 1.29 is 5.11 Å². The van der Waals surface area contributed by atoms with Crippen LogP contribution in [0.4, 0.5) is 0 Å². The molecule has 4 aromatic carbocycles. The zero-order valence-electron chi connectivity index (χ0n) is 19.1. The number of para-hydroxylation sites is 4. The fourth-order valence-electron chi connectivity index (χ4n) is 4.40. The predicted molar refractivity (Wildman–Crippen MR) is 143 cm³/mol. The number of aromatic amines is 1. The third kappa shape index (κ3) is 4.14. The second-order valence-corrected chi connectivity index (χ2v) is 8.48. The molecule has 0 spiro atoms. The van der Waals surface area contributed by atoms with Crippen molar-refractivity contribution in [3.63, 3.8) is 0 Å². The van der Waals surface area contributed by atoms with E-state index in [1.165, 1.54) is 0 Å². The van der Waals surface area contributed by atoms with E-state index in [1.807, 2.05) is 48.5 Å². The van der Waals surface area contributed by atoms with Crippen molar-refractivity contribution in [1.29, 1.82) is 0 Å². The molecule has 2 aromatic heterocycles. The molecule has 0 atom stereocenters. The lowest BCUT2D eigenvalue weighted by molar-refractivity contribution is 0.278. The van der Waals surface area contributed by atoms with Gasteiger partial charge in [0.25, 0.3) is 0 Å². The molecule has 35 heavy (non-hydrogen) atoms. The van der Waals surface area contributed by atoms with Gasteiger partial charge < -0.3 is 14.7 Å². The second-order valence-electron chi connectivity index (χ2n) is 8.48. The molecule has 170 valence electrons. The molecule has 2 heterocycles. The molecule has 0 aliphatic rings. The summed E-state index contributed by atoms with van der Waals surface area (Å²) in [5.74, 6) is 1.75. The summed E-state index contributed by atoms with van der Waals surface area (Å²) in [6.45, 7) is 0.588. The minimum Gasteiger partial charge on any atom is -0.395 e. The summed E-state index contributed by atoms with van der Waals surface area (Å²) in [5.41, 5.74) is 8.32. The van der Waals surface area contributed by atoms with Crippen molar-refractivity contribution in [3.8, 4) is 22.8 Å². The Balaban J connectivity index is 1.21. The number of hydrogen-bond acceptors (Lipinski definition) is 3. The Morgan fingerprint density at radius 3 is 2.00 bits per heavy atom. The van der Waals surface area contributed by atoms with Gasteiger partial charge in [-0.3, -0.25) is 0 Å². The van der Waals surface area contributed by atoms with Gasteiger partial charge >= 0.3 is 0 Å². The maximum absolute atomic E-state index is 9.54. The zero-order chi connectivity index (χ0) is 23.6. The Morgan fingerprint density at radius 1 is 0.686 bits per heavy atom. The summed E-state index contributed by atoms with van der Waals surface area (Å²) >= 11 is 0. The Kier molecular flexibility index (Phi) is 5.45. The van der Waals surface area contributed by atoms with Crippen LogP contribution in [-0.4, -0.2) is 31.2 Å². The number of aliphatic hydroxyl groups excluding tert-OH is 1. The topological polar surface area (TPSA) is 66.7 Å². The Labute approximate surface area is 203 Å². The zero-order valence-corrected chi connectivity index (χ0v) is 19.1. The first-order chi connectivity index (χ1) is 17.3. The highest BCUT2D eigenvalue weighted by Gasteiger charge is 2.11. The van der Waals surface area contributed by atoms with Crippen LogP contribution in [0.1, 0.15) is 11.1 Å². The first-order valence-corrected chi connectivity index (χ1v) is 11.7. The van der Waals surface area contributed by atoms with Crippen LogP contribution in [0, 0.1) is 0 Å². The standard InChI is InChI=1S/C30H24N4O/c35-20-19-34-28-8-4-3-7-27(28)33-30(34)24-17-13-22(14-18-24)10-9-21-11-15-23(16-12-21)29-31-25-5-1-2-6-26(25)32-29/h1-18,35H,19-20H2,(H,31,32). The van der Waals surface area contributed by atoms with Crippen molar-refractivity contribution in [2.24, 2.45) is 0 Å². The van der Waals surface area contributed by atoms with E-state index in [1.54, 1.807) is 0 Å². The first kappa shape index (κ1) is 21.1. The number of benzene rings is 4. The number of nitrogens with one attached hydrogen (secondary N) is 1. The number of aliphatic hydroxyl groups is 1. The number of fused-ring (bicyclic) bond motifs is 2. The average molecular weight is 457 g/mol. The van der Waals surface area contributed by atoms with Crippen molar-refractivity contribution >= 4 is 34.2 Å².